The zero-order valence-corrected chi connectivity index (χ0v) is 33.7. The normalized spacial score (nSPS) is 12.3. The quantitative estimate of drug-likeness (QED) is 0.0388. The van der Waals surface area contributed by atoms with E-state index >= 15 is 0 Å². The first-order chi connectivity index (χ1) is 24.6. The molecule has 0 heterocycles. The summed E-state index contributed by atoms with van der Waals surface area (Å²) in [6.07, 6.45) is 39.6. The molecule has 0 spiro atoms. The third kappa shape index (κ3) is 36.4. The molecule has 0 saturated heterocycles. The van der Waals surface area contributed by atoms with Gasteiger partial charge in [0.15, 0.2) is 0 Å². The molecule has 0 radical (unpaired) electrons. The number of hydrogen-bond donors (Lipinski definition) is 1. The lowest BCUT2D eigenvalue weighted by molar-refractivity contribution is -0.147. The van der Waals surface area contributed by atoms with Crippen LogP contribution in [0.5, 0.6) is 0 Å². The van der Waals surface area contributed by atoms with E-state index in [1.54, 1.807) is 0 Å². The molecule has 0 rings (SSSR count). The lowest BCUT2D eigenvalue weighted by atomic mass is 10.1. The lowest BCUT2D eigenvalue weighted by Gasteiger charge is -2.21. The highest BCUT2D eigenvalue weighted by Crippen LogP contribution is 2.15. The van der Waals surface area contributed by atoms with Gasteiger partial charge in [0.25, 0.3) is 0 Å². The average Bonchev–Trinajstić information content (AvgIpc) is 3.11. The highest BCUT2D eigenvalue weighted by molar-refractivity contribution is 5.69. The molecule has 1 N–H and O–H groups in total. The highest BCUT2D eigenvalue weighted by atomic mass is 16.5. The van der Waals surface area contributed by atoms with Crippen LogP contribution in [0.4, 0.5) is 0 Å². The molecule has 0 amide bonds. The van der Waals surface area contributed by atoms with Gasteiger partial charge in [0.05, 0.1) is 13.2 Å². The van der Waals surface area contributed by atoms with Crippen molar-refractivity contribution in [1.29, 1.82) is 0 Å². The van der Waals surface area contributed by atoms with Crippen LogP contribution in [0.1, 0.15) is 220 Å². The maximum atomic E-state index is 12.6. The smallest absolute Gasteiger partial charge is 0.306 e. The van der Waals surface area contributed by atoms with Crippen LogP contribution in [0.25, 0.3) is 0 Å². The summed E-state index contributed by atoms with van der Waals surface area (Å²) in [5.41, 5.74) is 0. The van der Waals surface area contributed by atoms with E-state index in [0.717, 1.165) is 103 Å². The molecule has 0 aromatic heterocycles. The minimum Gasteiger partial charge on any atom is -0.466 e. The number of carbonyl (C=O) groups excluding carboxylic acids is 2. The van der Waals surface area contributed by atoms with Gasteiger partial charge in [-0.25, -0.2) is 0 Å². The number of hydrogen-bond acceptors (Lipinski definition) is 6. The maximum Gasteiger partial charge on any atom is 0.306 e. The number of nitrogens with zero attached hydrogens (tertiary/aromatic N) is 1. The van der Waals surface area contributed by atoms with E-state index < -0.39 is 0 Å². The predicted octanol–water partition coefficient (Wildman–Crippen LogP) is 12.4. The summed E-state index contributed by atoms with van der Waals surface area (Å²) < 4.78 is 11.3. The average molecular weight is 708 g/mol. The van der Waals surface area contributed by atoms with E-state index in [0.29, 0.717) is 19.4 Å². The molecule has 0 aromatic rings. The molecule has 50 heavy (non-hydrogen) atoms. The van der Waals surface area contributed by atoms with E-state index in [1.807, 2.05) is 0 Å². The van der Waals surface area contributed by atoms with Crippen molar-refractivity contribution in [2.45, 2.75) is 226 Å². The second-order valence-electron chi connectivity index (χ2n) is 14.8. The summed E-state index contributed by atoms with van der Waals surface area (Å²) in [7, 11) is 0. The minimum atomic E-state index is -0.0643. The van der Waals surface area contributed by atoms with Crippen molar-refractivity contribution < 1.29 is 24.2 Å². The summed E-state index contributed by atoms with van der Waals surface area (Å²) in [6.45, 7) is 10.3. The third-order valence-electron chi connectivity index (χ3n) is 9.84. The molecular weight excluding hydrogens is 622 g/mol. The van der Waals surface area contributed by atoms with Crippen LogP contribution in [0, 0.1) is 0 Å². The van der Waals surface area contributed by atoms with Crippen molar-refractivity contribution in [3.8, 4) is 0 Å². The van der Waals surface area contributed by atoms with Crippen LogP contribution in [-0.4, -0.2) is 60.9 Å². The van der Waals surface area contributed by atoms with Gasteiger partial charge in [-0.1, -0.05) is 155 Å². The molecule has 6 nitrogen and oxygen atoms in total. The fraction of sp³-hybridized carbons (Fsp3) is 0.909. The van der Waals surface area contributed by atoms with Gasteiger partial charge < -0.3 is 19.5 Å². The van der Waals surface area contributed by atoms with Crippen molar-refractivity contribution >= 4 is 11.9 Å². The Labute approximate surface area is 311 Å². The van der Waals surface area contributed by atoms with Gasteiger partial charge in [-0.05, 0) is 77.0 Å². The molecule has 296 valence electrons. The van der Waals surface area contributed by atoms with E-state index in [-0.39, 0.29) is 24.6 Å². The fourth-order valence-corrected chi connectivity index (χ4v) is 6.55. The molecule has 0 aliphatic carbocycles. The standard InChI is InChI=1S/C44H85NO5/c1-4-7-10-13-16-25-32-41-49-43(47)35-28-21-17-23-30-37-45(39-40-46)38-31-24-18-22-29-36-44(48)50-42(33-26-19-14-11-8-5-2)34-27-20-15-12-9-6-3/h26,33,42,46H,4-25,27-32,34-41H2,1-3H3/b33-26-. The summed E-state index contributed by atoms with van der Waals surface area (Å²) in [4.78, 5) is 27.0. The molecule has 0 aliphatic rings. The zero-order chi connectivity index (χ0) is 36.6. The van der Waals surface area contributed by atoms with Crippen molar-refractivity contribution in [1.82, 2.24) is 4.90 Å². The largest absolute Gasteiger partial charge is 0.466 e. The monoisotopic (exact) mass is 708 g/mol. The zero-order valence-electron chi connectivity index (χ0n) is 33.7. The Hall–Kier alpha value is -1.40. The Balaban J connectivity index is 3.98. The second kappa shape index (κ2) is 40.4. The predicted molar refractivity (Wildman–Crippen MR) is 214 cm³/mol. The first kappa shape index (κ1) is 48.6. The number of esters is 2. The van der Waals surface area contributed by atoms with Gasteiger partial charge in [-0.2, -0.15) is 0 Å². The number of carbonyl (C=O) groups is 2. The Morgan fingerprint density at radius 1 is 0.540 bits per heavy atom. The highest BCUT2D eigenvalue weighted by Gasteiger charge is 2.12. The number of aliphatic hydroxyl groups is 1. The van der Waals surface area contributed by atoms with Crippen molar-refractivity contribution in [3.05, 3.63) is 12.2 Å². The summed E-state index contributed by atoms with van der Waals surface area (Å²) in [5.74, 6) is -0.0711. The van der Waals surface area contributed by atoms with Gasteiger partial charge in [-0.15, -0.1) is 0 Å². The second-order valence-corrected chi connectivity index (χ2v) is 14.8. The molecule has 1 atom stereocenters. The van der Waals surface area contributed by atoms with Gasteiger partial charge in [0.2, 0.25) is 0 Å². The molecular formula is C44H85NO5. The van der Waals surface area contributed by atoms with Crippen molar-refractivity contribution in [2.75, 3.05) is 32.8 Å². The summed E-state index contributed by atoms with van der Waals surface area (Å²) in [5, 5.41) is 9.53. The summed E-state index contributed by atoms with van der Waals surface area (Å²) >= 11 is 0. The van der Waals surface area contributed by atoms with Crippen LogP contribution in [0.15, 0.2) is 12.2 Å². The van der Waals surface area contributed by atoms with Crippen molar-refractivity contribution in [2.24, 2.45) is 0 Å². The number of aliphatic hydroxyl groups excluding tert-OH is 1. The molecule has 6 heteroatoms. The topological polar surface area (TPSA) is 76.1 Å². The molecule has 0 saturated carbocycles. The third-order valence-corrected chi connectivity index (χ3v) is 9.84. The maximum absolute atomic E-state index is 12.6. The van der Waals surface area contributed by atoms with Crippen LogP contribution in [0.2, 0.25) is 0 Å². The lowest BCUT2D eigenvalue weighted by Crippen LogP contribution is -2.29. The van der Waals surface area contributed by atoms with E-state index in [2.05, 4.69) is 37.8 Å². The number of unbranched alkanes of at least 4 members (excludes halogenated alkanes) is 23. The molecule has 0 aromatic carbocycles. The van der Waals surface area contributed by atoms with Crippen LogP contribution >= 0.6 is 0 Å². The van der Waals surface area contributed by atoms with E-state index in [9.17, 15) is 14.7 Å². The van der Waals surface area contributed by atoms with Crippen molar-refractivity contribution in [3.63, 3.8) is 0 Å². The number of ether oxygens (including phenoxy) is 2. The number of allylic oxidation sites excluding steroid dienone is 1. The summed E-state index contributed by atoms with van der Waals surface area (Å²) in [6, 6.07) is 0. The van der Waals surface area contributed by atoms with E-state index in [1.165, 1.54) is 103 Å². The van der Waals surface area contributed by atoms with Gasteiger partial charge in [0.1, 0.15) is 6.10 Å². The molecule has 0 fully saturated rings. The Morgan fingerprint density at radius 2 is 1.00 bits per heavy atom. The minimum absolute atomic E-state index is 0.0336. The Kier molecular flexibility index (Phi) is 39.2. The fourth-order valence-electron chi connectivity index (χ4n) is 6.55. The van der Waals surface area contributed by atoms with Crippen LogP contribution in [0.3, 0.4) is 0 Å². The SMILES string of the molecule is CCCCCC/C=C\C(CCCCCCCC)OC(=O)CCCCCCCN(CCO)CCCCCCCC(=O)OCCCCCCCCC. The number of rotatable bonds is 40. The molecule has 0 aliphatic heterocycles. The molecule has 1 unspecified atom stereocenters. The first-order valence-corrected chi connectivity index (χ1v) is 21.9. The first-order valence-electron chi connectivity index (χ1n) is 21.9. The van der Waals surface area contributed by atoms with Gasteiger partial charge in [0, 0.05) is 19.4 Å². The van der Waals surface area contributed by atoms with Crippen LogP contribution in [-0.2, 0) is 19.1 Å². The Bertz CT molecular complexity index is 742. The van der Waals surface area contributed by atoms with Gasteiger partial charge in [-0.3, -0.25) is 9.59 Å². The van der Waals surface area contributed by atoms with E-state index in [4.69, 9.17) is 9.47 Å². The Morgan fingerprint density at radius 3 is 1.56 bits per heavy atom. The van der Waals surface area contributed by atoms with Gasteiger partial charge >= 0.3 is 11.9 Å². The van der Waals surface area contributed by atoms with Crippen LogP contribution < -0.4 is 0 Å². The molecule has 0 bridgehead atoms.